The molecule has 1 aliphatic rings. The molecule has 1 aliphatic heterocycles. The van der Waals surface area contributed by atoms with Crippen LogP contribution < -0.4 is 10.6 Å². The first-order chi connectivity index (χ1) is 12.3. The van der Waals surface area contributed by atoms with E-state index in [9.17, 15) is 0 Å². The maximum Gasteiger partial charge on any atom is 0.190 e. The van der Waals surface area contributed by atoms with Gasteiger partial charge < -0.3 is 20.1 Å². The predicted molar refractivity (Wildman–Crippen MR) is 115 cm³/mol. The highest BCUT2D eigenvalue weighted by atomic mass is 127. The van der Waals surface area contributed by atoms with E-state index in [1.807, 2.05) is 23.1 Å². The summed E-state index contributed by atoms with van der Waals surface area (Å²) in [5, 5.41) is 10.9. The zero-order valence-electron chi connectivity index (χ0n) is 16.0. The van der Waals surface area contributed by atoms with Crippen molar-refractivity contribution in [2.24, 2.45) is 16.8 Å². The van der Waals surface area contributed by atoms with E-state index >= 15 is 0 Å². The number of rotatable bonds is 10. The molecule has 150 valence electrons. The van der Waals surface area contributed by atoms with E-state index < -0.39 is 0 Å². The van der Waals surface area contributed by atoms with Crippen molar-refractivity contribution in [2.45, 2.75) is 32.7 Å². The van der Waals surface area contributed by atoms with Crippen LogP contribution in [0.25, 0.3) is 0 Å². The topological polar surface area (TPSA) is 72.7 Å². The van der Waals surface area contributed by atoms with Crippen molar-refractivity contribution in [2.75, 3.05) is 46.6 Å². The molecule has 8 heteroatoms. The van der Waals surface area contributed by atoms with Gasteiger partial charge in [-0.25, -0.2) is 0 Å². The molecule has 0 bridgehead atoms. The molecule has 7 nitrogen and oxygen atoms in total. The summed E-state index contributed by atoms with van der Waals surface area (Å²) in [6.45, 7) is 8.25. The van der Waals surface area contributed by atoms with Crippen LogP contribution in [0.3, 0.4) is 0 Å². The van der Waals surface area contributed by atoms with Gasteiger partial charge in [0.05, 0.1) is 0 Å². The summed E-state index contributed by atoms with van der Waals surface area (Å²) < 4.78 is 13.1. The van der Waals surface area contributed by atoms with Gasteiger partial charge >= 0.3 is 0 Å². The van der Waals surface area contributed by atoms with Crippen molar-refractivity contribution in [3.05, 3.63) is 18.5 Å². The van der Waals surface area contributed by atoms with Gasteiger partial charge in [-0.3, -0.25) is 9.67 Å². The molecule has 1 aromatic heterocycles. The maximum atomic E-state index is 5.78. The third-order valence-electron chi connectivity index (χ3n) is 4.35. The van der Waals surface area contributed by atoms with Crippen molar-refractivity contribution in [1.29, 1.82) is 0 Å². The quantitative estimate of drug-likeness (QED) is 0.233. The molecular weight excluding hydrogens is 445 g/mol. The molecule has 1 fully saturated rings. The minimum Gasteiger partial charge on any atom is -0.381 e. The fourth-order valence-corrected chi connectivity index (χ4v) is 2.83. The third-order valence-corrected chi connectivity index (χ3v) is 4.35. The molecule has 1 unspecified atom stereocenters. The lowest BCUT2D eigenvalue weighted by Crippen LogP contribution is -2.40. The lowest BCUT2D eigenvalue weighted by molar-refractivity contribution is 0.0203. The van der Waals surface area contributed by atoms with Gasteiger partial charge in [-0.05, 0) is 37.2 Å². The van der Waals surface area contributed by atoms with Crippen LogP contribution in [0.1, 0.15) is 26.2 Å². The van der Waals surface area contributed by atoms with Gasteiger partial charge in [0.2, 0.25) is 0 Å². The van der Waals surface area contributed by atoms with E-state index in [4.69, 9.17) is 9.47 Å². The van der Waals surface area contributed by atoms with Crippen LogP contribution in [-0.2, 0) is 16.0 Å². The second-order valence-electron chi connectivity index (χ2n) is 6.70. The Balaban J connectivity index is 0.00000338. The monoisotopic (exact) mass is 479 g/mol. The van der Waals surface area contributed by atoms with Crippen LogP contribution in [0, 0.1) is 11.8 Å². The fraction of sp³-hybridized carbons (Fsp3) is 0.778. The van der Waals surface area contributed by atoms with Gasteiger partial charge in [0.1, 0.15) is 0 Å². The van der Waals surface area contributed by atoms with Gasteiger partial charge in [0, 0.05) is 65.5 Å². The number of hydrogen-bond donors (Lipinski definition) is 2. The van der Waals surface area contributed by atoms with Crippen LogP contribution in [0.5, 0.6) is 0 Å². The summed E-state index contributed by atoms with van der Waals surface area (Å²) in [7, 11) is 1.80. The predicted octanol–water partition coefficient (Wildman–Crippen LogP) is 2.14. The van der Waals surface area contributed by atoms with E-state index in [0.717, 1.165) is 71.3 Å². The highest BCUT2D eigenvalue weighted by Crippen LogP contribution is 2.14. The Morgan fingerprint density at radius 2 is 2.19 bits per heavy atom. The summed E-state index contributed by atoms with van der Waals surface area (Å²) in [5.74, 6) is 1.99. The highest BCUT2D eigenvalue weighted by Gasteiger charge is 2.13. The molecule has 1 aromatic rings. The number of nitrogens with zero attached hydrogens (tertiary/aromatic N) is 3. The molecule has 2 rings (SSSR count). The van der Waals surface area contributed by atoms with Gasteiger partial charge in [0.15, 0.2) is 5.96 Å². The van der Waals surface area contributed by atoms with Gasteiger partial charge in [-0.1, -0.05) is 6.92 Å². The van der Waals surface area contributed by atoms with Crippen LogP contribution in [0.15, 0.2) is 23.5 Å². The lowest BCUT2D eigenvalue weighted by atomic mass is 10.0. The Kier molecular flexibility index (Phi) is 12.7. The molecule has 2 N–H and O–H groups in total. The summed E-state index contributed by atoms with van der Waals surface area (Å²) in [4.78, 5) is 4.27. The third kappa shape index (κ3) is 9.72. The molecule has 0 amide bonds. The van der Waals surface area contributed by atoms with Crippen LogP contribution in [-0.4, -0.2) is 62.3 Å². The smallest absolute Gasteiger partial charge is 0.190 e. The van der Waals surface area contributed by atoms with E-state index in [1.165, 1.54) is 0 Å². The molecule has 2 heterocycles. The SMILES string of the molecule is CN=C(NCCCOCC1CCOCC1)NCC(C)Cn1cccn1.I. The number of hydrogen-bond acceptors (Lipinski definition) is 4. The fourth-order valence-electron chi connectivity index (χ4n) is 2.83. The van der Waals surface area contributed by atoms with Crippen molar-refractivity contribution in [3.8, 4) is 0 Å². The summed E-state index contributed by atoms with van der Waals surface area (Å²) in [6, 6.07) is 1.95. The number of aromatic nitrogens is 2. The number of guanidine groups is 1. The van der Waals surface area contributed by atoms with E-state index in [1.54, 1.807) is 7.05 Å². The normalized spacial score (nSPS) is 16.8. The molecule has 0 spiro atoms. The molecule has 1 saturated heterocycles. The zero-order valence-corrected chi connectivity index (χ0v) is 18.4. The molecule has 0 saturated carbocycles. The maximum absolute atomic E-state index is 5.78. The Morgan fingerprint density at radius 3 is 2.88 bits per heavy atom. The van der Waals surface area contributed by atoms with E-state index in [-0.39, 0.29) is 24.0 Å². The molecule has 0 radical (unpaired) electrons. The van der Waals surface area contributed by atoms with Crippen molar-refractivity contribution >= 4 is 29.9 Å². The first-order valence-electron chi connectivity index (χ1n) is 9.35. The number of halogens is 1. The average Bonchev–Trinajstić information content (AvgIpc) is 3.14. The second-order valence-corrected chi connectivity index (χ2v) is 6.70. The van der Waals surface area contributed by atoms with Crippen LogP contribution in [0.2, 0.25) is 0 Å². The van der Waals surface area contributed by atoms with Crippen LogP contribution >= 0.6 is 24.0 Å². The summed E-state index contributed by atoms with van der Waals surface area (Å²) in [5.41, 5.74) is 0. The van der Waals surface area contributed by atoms with E-state index in [2.05, 4.69) is 27.6 Å². The standard InChI is InChI=1S/C18H33N5O2.HI/c1-16(14-23-9-3-8-22-23)13-21-18(19-2)20-7-4-10-25-15-17-5-11-24-12-6-17;/h3,8-9,16-17H,4-7,10-15H2,1-2H3,(H2,19,20,21);1H. The molecular formula is C18H34IN5O2. The van der Waals surface area contributed by atoms with E-state index in [0.29, 0.717) is 11.8 Å². The zero-order chi connectivity index (χ0) is 17.7. The Bertz CT molecular complexity index is 478. The van der Waals surface area contributed by atoms with Crippen molar-refractivity contribution in [1.82, 2.24) is 20.4 Å². The van der Waals surface area contributed by atoms with Gasteiger partial charge in [-0.2, -0.15) is 5.10 Å². The highest BCUT2D eigenvalue weighted by molar-refractivity contribution is 14.0. The van der Waals surface area contributed by atoms with Crippen molar-refractivity contribution < 1.29 is 9.47 Å². The first-order valence-corrected chi connectivity index (χ1v) is 9.35. The second kappa shape index (κ2) is 14.2. The Morgan fingerprint density at radius 1 is 1.38 bits per heavy atom. The summed E-state index contributed by atoms with van der Waals surface area (Å²) >= 11 is 0. The molecule has 0 aliphatic carbocycles. The largest absolute Gasteiger partial charge is 0.381 e. The first kappa shape index (κ1) is 23.2. The minimum absolute atomic E-state index is 0. The van der Waals surface area contributed by atoms with Crippen molar-refractivity contribution in [3.63, 3.8) is 0 Å². The number of aliphatic imine (C=N–C) groups is 1. The number of nitrogens with one attached hydrogen (secondary N) is 2. The summed E-state index contributed by atoms with van der Waals surface area (Å²) in [6.07, 6.45) is 7.04. The molecule has 1 atom stereocenters. The molecule has 26 heavy (non-hydrogen) atoms. The lowest BCUT2D eigenvalue weighted by Gasteiger charge is -2.21. The van der Waals surface area contributed by atoms with Crippen LogP contribution in [0.4, 0.5) is 0 Å². The van der Waals surface area contributed by atoms with Gasteiger partial charge in [-0.15, -0.1) is 24.0 Å². The molecule has 0 aromatic carbocycles. The van der Waals surface area contributed by atoms with Gasteiger partial charge in [0.25, 0.3) is 0 Å². The minimum atomic E-state index is 0. The Labute approximate surface area is 174 Å². The Hall–Kier alpha value is -0.870. The average molecular weight is 479 g/mol. The number of ether oxygens (including phenoxy) is 2.